The molecule has 0 aliphatic rings. The molecule has 0 unspecified atom stereocenters. The average Bonchev–Trinajstić information content (AvgIpc) is 3.07. The number of hydroxylamine groups is 1. The first-order chi connectivity index (χ1) is 25.9. The predicted octanol–water partition coefficient (Wildman–Crippen LogP) is -0.374. The van der Waals surface area contributed by atoms with Crippen LogP contribution in [0.25, 0.3) is 0 Å². The van der Waals surface area contributed by atoms with Crippen molar-refractivity contribution < 1.29 is 63.6 Å². The SMILES string of the molecule is CC(C)(C)OC(=O)N[C@H](Cc1cccnc1)C(=O)NOCc1ccc(CNC(=O)CN(CCN(CC(=O)O)CC(=O)O)CCN(CC(=O)O)CC(=O)O)cc1. The lowest BCUT2D eigenvalue weighted by Gasteiger charge is -2.28. The van der Waals surface area contributed by atoms with Gasteiger partial charge in [-0.25, -0.2) is 10.3 Å². The van der Waals surface area contributed by atoms with E-state index in [0.29, 0.717) is 16.7 Å². The normalized spacial score (nSPS) is 11.9. The van der Waals surface area contributed by atoms with Crippen molar-refractivity contribution in [2.75, 3.05) is 58.9 Å². The summed E-state index contributed by atoms with van der Waals surface area (Å²) in [6.45, 7) is 2.59. The Morgan fingerprint density at radius 3 is 1.69 bits per heavy atom. The molecule has 1 atom stereocenters. The number of carbonyl (C=O) groups excluding carboxylic acids is 3. The third-order valence-corrected chi connectivity index (χ3v) is 7.36. The molecular formula is C35H49N7O13. The summed E-state index contributed by atoms with van der Waals surface area (Å²) in [6, 6.07) is 9.31. The number of nitrogens with one attached hydrogen (secondary N) is 3. The van der Waals surface area contributed by atoms with Crippen LogP contribution < -0.4 is 16.1 Å². The Morgan fingerprint density at radius 1 is 0.709 bits per heavy atom. The molecule has 7 N–H and O–H groups in total. The van der Waals surface area contributed by atoms with Crippen LogP contribution in [-0.2, 0) is 57.9 Å². The monoisotopic (exact) mass is 775 g/mol. The number of carboxylic acids is 4. The summed E-state index contributed by atoms with van der Waals surface area (Å²) in [5, 5.41) is 41.9. The van der Waals surface area contributed by atoms with E-state index >= 15 is 0 Å². The maximum absolute atomic E-state index is 13.0. The van der Waals surface area contributed by atoms with Gasteiger partial charge in [0.05, 0.1) is 39.3 Å². The highest BCUT2D eigenvalue weighted by Gasteiger charge is 2.25. The topological polar surface area (TPSA) is 278 Å². The molecule has 0 aliphatic carbocycles. The molecule has 0 fully saturated rings. The van der Waals surface area contributed by atoms with Gasteiger partial charge in [-0.2, -0.15) is 0 Å². The first kappa shape index (κ1) is 45.5. The minimum atomic E-state index is -1.25. The first-order valence-electron chi connectivity index (χ1n) is 17.1. The lowest BCUT2D eigenvalue weighted by atomic mass is 10.1. The molecule has 302 valence electrons. The van der Waals surface area contributed by atoms with Gasteiger partial charge in [0.2, 0.25) is 5.91 Å². The summed E-state index contributed by atoms with van der Waals surface area (Å²) in [5.41, 5.74) is 3.65. The Hall–Kier alpha value is -5.70. The van der Waals surface area contributed by atoms with E-state index in [9.17, 15) is 33.6 Å². The van der Waals surface area contributed by atoms with E-state index in [1.807, 2.05) is 0 Å². The molecule has 2 aromatic rings. The van der Waals surface area contributed by atoms with Crippen molar-refractivity contribution in [1.82, 2.24) is 35.8 Å². The van der Waals surface area contributed by atoms with Crippen molar-refractivity contribution in [3.8, 4) is 0 Å². The fraction of sp³-hybridized carbons (Fsp3) is 0.486. The fourth-order valence-corrected chi connectivity index (χ4v) is 4.92. The number of aromatic nitrogens is 1. The van der Waals surface area contributed by atoms with E-state index < -0.39 is 79.6 Å². The summed E-state index contributed by atoms with van der Waals surface area (Å²) in [5.74, 6) is -6.07. The molecule has 1 aromatic heterocycles. The molecule has 20 nitrogen and oxygen atoms in total. The molecule has 0 radical (unpaired) electrons. The molecule has 1 heterocycles. The van der Waals surface area contributed by atoms with Crippen LogP contribution in [0.4, 0.5) is 4.79 Å². The maximum Gasteiger partial charge on any atom is 0.408 e. The number of pyridine rings is 1. The van der Waals surface area contributed by atoms with Gasteiger partial charge in [-0.1, -0.05) is 30.3 Å². The third kappa shape index (κ3) is 21.0. The quantitative estimate of drug-likeness (QED) is 0.0634. The van der Waals surface area contributed by atoms with E-state index in [2.05, 4.69) is 21.1 Å². The number of nitrogens with zero attached hydrogens (tertiary/aromatic N) is 4. The van der Waals surface area contributed by atoms with Crippen molar-refractivity contribution in [2.45, 2.75) is 52.0 Å². The highest BCUT2D eigenvalue weighted by molar-refractivity contribution is 5.85. The summed E-state index contributed by atoms with van der Waals surface area (Å²) in [6.07, 6.45) is 2.51. The Morgan fingerprint density at radius 2 is 1.22 bits per heavy atom. The van der Waals surface area contributed by atoms with Crippen LogP contribution in [0, 0.1) is 0 Å². The molecule has 0 saturated carbocycles. The lowest BCUT2D eigenvalue weighted by molar-refractivity contribution is -0.143. The largest absolute Gasteiger partial charge is 0.480 e. The second kappa shape index (κ2) is 23.2. The smallest absolute Gasteiger partial charge is 0.408 e. The first-order valence-corrected chi connectivity index (χ1v) is 17.1. The Balaban J connectivity index is 1.97. The number of alkyl carbamates (subject to hydrolysis) is 1. The van der Waals surface area contributed by atoms with Gasteiger partial charge in [-0.05, 0) is 43.5 Å². The third-order valence-electron chi connectivity index (χ3n) is 7.36. The van der Waals surface area contributed by atoms with Gasteiger partial charge in [0, 0.05) is 51.5 Å². The van der Waals surface area contributed by atoms with Crippen LogP contribution in [0.5, 0.6) is 0 Å². The fourth-order valence-electron chi connectivity index (χ4n) is 4.92. The van der Waals surface area contributed by atoms with Crippen LogP contribution in [0.2, 0.25) is 0 Å². The van der Waals surface area contributed by atoms with Gasteiger partial charge in [0.1, 0.15) is 11.6 Å². The highest BCUT2D eigenvalue weighted by Crippen LogP contribution is 2.09. The minimum absolute atomic E-state index is 0.0223. The highest BCUT2D eigenvalue weighted by atomic mass is 16.7. The summed E-state index contributed by atoms with van der Waals surface area (Å²) >= 11 is 0. The number of aliphatic carboxylic acids is 4. The van der Waals surface area contributed by atoms with Gasteiger partial charge in [0.25, 0.3) is 5.91 Å². The second-order valence-electron chi connectivity index (χ2n) is 13.4. The number of carbonyl (C=O) groups is 7. The summed E-state index contributed by atoms with van der Waals surface area (Å²) in [4.78, 5) is 96.5. The Bertz CT molecular complexity index is 1520. The Labute approximate surface area is 317 Å². The number of carboxylic acid groups (broad SMARTS) is 4. The van der Waals surface area contributed by atoms with Crippen molar-refractivity contribution in [3.05, 3.63) is 65.5 Å². The van der Waals surface area contributed by atoms with E-state index in [0.717, 1.165) is 9.80 Å². The molecule has 20 heteroatoms. The molecule has 3 amide bonds. The maximum atomic E-state index is 13.0. The zero-order chi connectivity index (χ0) is 41.0. The number of benzene rings is 1. The van der Waals surface area contributed by atoms with Gasteiger partial charge >= 0.3 is 30.0 Å². The van der Waals surface area contributed by atoms with E-state index in [1.54, 1.807) is 74.5 Å². The van der Waals surface area contributed by atoms with E-state index in [1.165, 1.54) is 0 Å². The summed E-state index contributed by atoms with van der Waals surface area (Å²) in [7, 11) is 0. The molecule has 0 spiro atoms. The van der Waals surface area contributed by atoms with Crippen molar-refractivity contribution >= 4 is 41.8 Å². The van der Waals surface area contributed by atoms with Gasteiger partial charge < -0.3 is 35.8 Å². The molecular weight excluding hydrogens is 726 g/mol. The van der Waals surface area contributed by atoms with Crippen molar-refractivity contribution in [1.29, 1.82) is 0 Å². The Kier molecular flexibility index (Phi) is 19.1. The molecule has 55 heavy (non-hydrogen) atoms. The van der Waals surface area contributed by atoms with Crippen LogP contribution in [-0.4, -0.2) is 152 Å². The van der Waals surface area contributed by atoms with Gasteiger partial charge in [0.15, 0.2) is 0 Å². The van der Waals surface area contributed by atoms with Gasteiger partial charge in [-0.3, -0.25) is 53.3 Å². The second-order valence-corrected chi connectivity index (χ2v) is 13.4. The molecule has 0 saturated heterocycles. The zero-order valence-electron chi connectivity index (χ0n) is 30.9. The molecule has 1 aromatic carbocycles. The van der Waals surface area contributed by atoms with Crippen LogP contribution in [0.1, 0.15) is 37.5 Å². The minimum Gasteiger partial charge on any atom is -0.480 e. The molecule has 2 rings (SSSR count). The number of amides is 3. The number of hydrogen-bond donors (Lipinski definition) is 7. The number of ether oxygens (including phenoxy) is 1. The summed E-state index contributed by atoms with van der Waals surface area (Å²) < 4.78 is 5.29. The standard InChI is InChI=1S/C35H49N7O13/c1-35(2,3)55-34(53)38-27(15-26-5-4-10-36-16-26)33(52)39-54-23-25-8-6-24(7-9-25)17-37-28(43)18-40(11-13-41(19-29(44)45)20-30(46)47)12-14-42(21-31(48)49)22-32(50)51/h4-10,16,27H,11-15,17-23H2,1-3H3,(H,37,43)(H,38,53)(H,39,52)(H,44,45)(H,46,47)(H,48,49)(H,50,51)/t27-/m1/s1. The van der Waals surface area contributed by atoms with Crippen molar-refractivity contribution in [2.24, 2.45) is 0 Å². The van der Waals surface area contributed by atoms with Crippen molar-refractivity contribution in [3.63, 3.8) is 0 Å². The van der Waals surface area contributed by atoms with Crippen LogP contribution in [0.3, 0.4) is 0 Å². The van der Waals surface area contributed by atoms with Crippen LogP contribution >= 0.6 is 0 Å². The molecule has 0 bridgehead atoms. The van der Waals surface area contributed by atoms with Crippen LogP contribution in [0.15, 0.2) is 48.8 Å². The zero-order valence-corrected chi connectivity index (χ0v) is 30.9. The predicted molar refractivity (Wildman–Crippen MR) is 192 cm³/mol. The van der Waals surface area contributed by atoms with E-state index in [4.69, 9.17) is 30.0 Å². The number of rotatable bonds is 25. The van der Waals surface area contributed by atoms with E-state index in [-0.39, 0.29) is 52.3 Å². The average molecular weight is 776 g/mol. The lowest BCUT2D eigenvalue weighted by Crippen LogP contribution is -2.49. The number of hydrogen-bond acceptors (Lipinski definition) is 13. The molecule has 0 aliphatic heterocycles. The van der Waals surface area contributed by atoms with Gasteiger partial charge in [-0.15, -0.1) is 0 Å².